The molecular weight excluding hydrogens is 435 g/mol. The van der Waals surface area contributed by atoms with Crippen LogP contribution in [0.2, 0.25) is 0 Å². The van der Waals surface area contributed by atoms with Gasteiger partial charge in [0.1, 0.15) is 6.54 Å². The second kappa shape index (κ2) is 16.8. The Balaban J connectivity index is 0.00000576. The van der Waals surface area contributed by atoms with E-state index in [0.717, 1.165) is 51.9 Å². The number of unbranched alkanes of at least 4 members (excludes halogenated alkanes) is 1. The number of likely N-dealkylation sites (tertiary alicyclic amines) is 1. The van der Waals surface area contributed by atoms with E-state index >= 15 is 0 Å². The molecule has 1 saturated heterocycles. The predicted molar refractivity (Wildman–Crippen MR) is 112 cm³/mol. The van der Waals surface area contributed by atoms with Crippen LogP contribution in [-0.4, -0.2) is 75.9 Å². The maximum absolute atomic E-state index is 12.0. The van der Waals surface area contributed by atoms with Gasteiger partial charge in [-0.3, -0.25) is 4.79 Å². The second-order valence-corrected chi connectivity index (χ2v) is 5.79. The van der Waals surface area contributed by atoms with Gasteiger partial charge in [0, 0.05) is 32.8 Å². The Labute approximate surface area is 169 Å². The minimum Gasteiger partial charge on any atom is -0.379 e. The molecule has 1 amide bonds. The SMILES string of the molecule is CCCCOCCOCCNC(=NCC(=O)N1CCCC1)NCC.I. The first kappa shape index (κ1) is 24.4. The quantitative estimate of drug-likeness (QED) is 0.196. The number of hydrogen-bond donors (Lipinski definition) is 2. The van der Waals surface area contributed by atoms with Crippen LogP contribution in [0.4, 0.5) is 0 Å². The molecule has 0 unspecified atom stereocenters. The standard InChI is InChI=1S/C17H34N4O3.HI/c1-3-5-11-23-13-14-24-12-8-19-17(18-4-2)20-15-16(22)21-9-6-7-10-21;/h3-15H2,1-2H3,(H2,18,19,20);1H. The van der Waals surface area contributed by atoms with Crippen molar-refractivity contribution < 1.29 is 14.3 Å². The molecule has 2 N–H and O–H groups in total. The average molecular weight is 470 g/mol. The monoisotopic (exact) mass is 470 g/mol. The van der Waals surface area contributed by atoms with Gasteiger partial charge < -0.3 is 25.0 Å². The van der Waals surface area contributed by atoms with Gasteiger partial charge >= 0.3 is 0 Å². The van der Waals surface area contributed by atoms with E-state index in [1.807, 2.05) is 11.8 Å². The summed E-state index contributed by atoms with van der Waals surface area (Å²) in [6.07, 6.45) is 4.46. The van der Waals surface area contributed by atoms with Crippen molar-refractivity contribution in [1.82, 2.24) is 15.5 Å². The van der Waals surface area contributed by atoms with Gasteiger partial charge in [-0.05, 0) is 26.2 Å². The summed E-state index contributed by atoms with van der Waals surface area (Å²) in [6, 6.07) is 0. The highest BCUT2D eigenvalue weighted by Gasteiger charge is 2.17. The number of hydrogen-bond acceptors (Lipinski definition) is 4. The Hall–Kier alpha value is -0.610. The fraction of sp³-hybridized carbons (Fsp3) is 0.882. The smallest absolute Gasteiger partial charge is 0.244 e. The lowest BCUT2D eigenvalue weighted by Gasteiger charge is -2.15. The van der Waals surface area contributed by atoms with E-state index in [9.17, 15) is 4.79 Å². The number of ether oxygens (including phenoxy) is 2. The summed E-state index contributed by atoms with van der Waals surface area (Å²) in [5.41, 5.74) is 0. The Morgan fingerprint density at radius 3 is 2.36 bits per heavy atom. The van der Waals surface area contributed by atoms with Crippen molar-refractivity contribution in [2.24, 2.45) is 4.99 Å². The highest BCUT2D eigenvalue weighted by atomic mass is 127. The maximum atomic E-state index is 12.0. The molecule has 1 rings (SSSR count). The molecule has 0 radical (unpaired) electrons. The Morgan fingerprint density at radius 1 is 1.04 bits per heavy atom. The van der Waals surface area contributed by atoms with Gasteiger partial charge in [-0.1, -0.05) is 13.3 Å². The molecule has 7 nitrogen and oxygen atoms in total. The molecule has 0 aliphatic carbocycles. The van der Waals surface area contributed by atoms with Crippen molar-refractivity contribution >= 4 is 35.8 Å². The lowest BCUT2D eigenvalue weighted by molar-refractivity contribution is -0.128. The predicted octanol–water partition coefficient (Wildman–Crippen LogP) is 1.62. The van der Waals surface area contributed by atoms with E-state index < -0.39 is 0 Å². The first-order valence-electron chi connectivity index (χ1n) is 9.23. The van der Waals surface area contributed by atoms with Crippen LogP contribution >= 0.6 is 24.0 Å². The number of aliphatic imine (C=N–C) groups is 1. The summed E-state index contributed by atoms with van der Waals surface area (Å²) < 4.78 is 10.9. The minimum absolute atomic E-state index is 0. The van der Waals surface area contributed by atoms with Crippen LogP contribution in [0.3, 0.4) is 0 Å². The molecule has 1 aliphatic heterocycles. The largest absolute Gasteiger partial charge is 0.379 e. The van der Waals surface area contributed by atoms with Crippen molar-refractivity contribution in [2.75, 3.05) is 59.2 Å². The molecule has 0 aromatic rings. The van der Waals surface area contributed by atoms with Crippen LogP contribution in [0.25, 0.3) is 0 Å². The molecule has 148 valence electrons. The first-order valence-corrected chi connectivity index (χ1v) is 9.23. The molecule has 1 fully saturated rings. The molecule has 1 aliphatic rings. The summed E-state index contributed by atoms with van der Waals surface area (Å²) in [4.78, 5) is 18.2. The second-order valence-electron chi connectivity index (χ2n) is 5.79. The van der Waals surface area contributed by atoms with Gasteiger partial charge in [0.05, 0.1) is 19.8 Å². The normalized spacial score (nSPS) is 14.3. The Morgan fingerprint density at radius 2 is 1.72 bits per heavy atom. The van der Waals surface area contributed by atoms with Crippen molar-refractivity contribution in [2.45, 2.75) is 39.5 Å². The number of rotatable bonds is 12. The first-order chi connectivity index (χ1) is 11.8. The molecule has 0 saturated carbocycles. The number of carbonyl (C=O) groups excluding carboxylic acids is 1. The van der Waals surface area contributed by atoms with Gasteiger partial charge in [-0.15, -0.1) is 24.0 Å². The number of carbonyl (C=O) groups is 1. The van der Waals surface area contributed by atoms with Gasteiger partial charge in [0.15, 0.2) is 5.96 Å². The van der Waals surface area contributed by atoms with Crippen LogP contribution in [-0.2, 0) is 14.3 Å². The third kappa shape index (κ3) is 12.4. The molecule has 8 heteroatoms. The summed E-state index contributed by atoms with van der Waals surface area (Å²) in [7, 11) is 0. The molecular formula is C17H35IN4O3. The van der Waals surface area contributed by atoms with E-state index in [4.69, 9.17) is 9.47 Å². The molecule has 0 atom stereocenters. The molecule has 25 heavy (non-hydrogen) atoms. The number of nitrogens with zero attached hydrogens (tertiary/aromatic N) is 2. The van der Waals surface area contributed by atoms with E-state index in [1.54, 1.807) is 0 Å². The van der Waals surface area contributed by atoms with Gasteiger partial charge in [-0.25, -0.2) is 4.99 Å². The zero-order valence-corrected chi connectivity index (χ0v) is 18.1. The van der Waals surface area contributed by atoms with Crippen LogP contribution in [0.1, 0.15) is 39.5 Å². The van der Waals surface area contributed by atoms with Crippen LogP contribution in [0.5, 0.6) is 0 Å². The van der Waals surface area contributed by atoms with Gasteiger partial charge in [0.25, 0.3) is 0 Å². The summed E-state index contributed by atoms with van der Waals surface area (Å²) in [5.74, 6) is 0.762. The number of amides is 1. The summed E-state index contributed by atoms with van der Waals surface area (Å²) >= 11 is 0. The van der Waals surface area contributed by atoms with Gasteiger partial charge in [0.2, 0.25) is 5.91 Å². The average Bonchev–Trinajstić information content (AvgIpc) is 3.12. The summed E-state index contributed by atoms with van der Waals surface area (Å²) in [6.45, 7) is 10.1. The maximum Gasteiger partial charge on any atom is 0.244 e. The topological polar surface area (TPSA) is 75.2 Å². The number of guanidine groups is 1. The van der Waals surface area contributed by atoms with Crippen molar-refractivity contribution in [1.29, 1.82) is 0 Å². The highest BCUT2D eigenvalue weighted by molar-refractivity contribution is 14.0. The van der Waals surface area contributed by atoms with E-state index in [0.29, 0.717) is 32.3 Å². The Bertz CT molecular complexity index is 364. The van der Waals surface area contributed by atoms with Crippen LogP contribution in [0.15, 0.2) is 4.99 Å². The molecule has 0 bridgehead atoms. The van der Waals surface area contributed by atoms with Crippen molar-refractivity contribution in [3.8, 4) is 0 Å². The fourth-order valence-corrected chi connectivity index (χ4v) is 2.36. The van der Waals surface area contributed by atoms with Crippen LogP contribution < -0.4 is 10.6 Å². The van der Waals surface area contributed by atoms with E-state index in [2.05, 4.69) is 22.5 Å². The highest BCUT2D eigenvalue weighted by Crippen LogP contribution is 2.07. The molecule has 0 aromatic heterocycles. The fourth-order valence-electron chi connectivity index (χ4n) is 2.36. The van der Waals surface area contributed by atoms with E-state index in [-0.39, 0.29) is 36.4 Å². The molecule has 0 aromatic carbocycles. The van der Waals surface area contributed by atoms with Crippen LogP contribution in [0, 0.1) is 0 Å². The summed E-state index contributed by atoms with van der Waals surface area (Å²) in [5, 5.41) is 6.32. The number of nitrogens with one attached hydrogen (secondary N) is 2. The molecule has 1 heterocycles. The lowest BCUT2D eigenvalue weighted by Crippen LogP contribution is -2.40. The Kier molecular flexibility index (Phi) is 16.4. The lowest BCUT2D eigenvalue weighted by atomic mass is 10.4. The van der Waals surface area contributed by atoms with Crippen molar-refractivity contribution in [3.63, 3.8) is 0 Å². The van der Waals surface area contributed by atoms with Crippen molar-refractivity contribution in [3.05, 3.63) is 0 Å². The van der Waals surface area contributed by atoms with Gasteiger partial charge in [-0.2, -0.15) is 0 Å². The van der Waals surface area contributed by atoms with E-state index in [1.165, 1.54) is 0 Å². The third-order valence-corrected chi connectivity index (χ3v) is 3.73. The number of halogens is 1. The zero-order valence-electron chi connectivity index (χ0n) is 15.7. The third-order valence-electron chi connectivity index (χ3n) is 3.73. The minimum atomic E-state index is 0. The zero-order chi connectivity index (χ0) is 17.5. The molecule has 0 spiro atoms.